The minimum absolute atomic E-state index is 0.129. The topological polar surface area (TPSA) is 70.6 Å². The highest BCUT2D eigenvalue weighted by Crippen LogP contribution is 2.25. The van der Waals surface area contributed by atoms with Crippen molar-refractivity contribution in [3.8, 4) is 5.75 Å². The Morgan fingerprint density at radius 1 is 1.41 bits per heavy atom. The van der Waals surface area contributed by atoms with E-state index >= 15 is 0 Å². The van der Waals surface area contributed by atoms with Gasteiger partial charge in [0, 0.05) is 19.5 Å². The van der Waals surface area contributed by atoms with Crippen LogP contribution in [-0.4, -0.2) is 30.4 Å². The number of carbonyl (C=O) groups excluding carboxylic acids is 1. The fourth-order valence-corrected chi connectivity index (χ4v) is 2.79. The van der Waals surface area contributed by atoms with Crippen LogP contribution in [0.4, 0.5) is 4.79 Å². The second kappa shape index (κ2) is 7.01. The minimum Gasteiger partial charge on any atom is -0.493 e. The quantitative estimate of drug-likeness (QED) is 0.754. The summed E-state index contributed by atoms with van der Waals surface area (Å²) in [7, 11) is 0. The van der Waals surface area contributed by atoms with Gasteiger partial charge in [0.15, 0.2) is 0 Å². The molecule has 0 aliphatic carbocycles. The van der Waals surface area contributed by atoms with Gasteiger partial charge in [-0.2, -0.15) is 0 Å². The Labute approximate surface area is 132 Å². The van der Waals surface area contributed by atoms with E-state index in [0.717, 1.165) is 24.3 Å². The number of urea groups is 1. The van der Waals surface area contributed by atoms with Crippen molar-refractivity contribution >= 4 is 6.03 Å². The van der Waals surface area contributed by atoms with E-state index in [1.54, 1.807) is 6.92 Å². The Morgan fingerprint density at radius 2 is 2.18 bits per heavy atom. The molecule has 1 unspecified atom stereocenters. The molecular weight excluding hydrogens is 280 g/mol. The molecule has 2 rings (SSSR count). The normalized spacial score (nSPS) is 14.9. The van der Waals surface area contributed by atoms with Crippen LogP contribution < -0.4 is 15.4 Å². The number of rotatable bonds is 6. The van der Waals surface area contributed by atoms with E-state index in [9.17, 15) is 9.90 Å². The number of nitrogens with one attached hydrogen (secondary N) is 2. The molecule has 3 N–H and O–H groups in total. The Balaban J connectivity index is 1.76. The minimum atomic E-state index is -0.367. The van der Waals surface area contributed by atoms with Crippen LogP contribution in [0.1, 0.15) is 38.3 Å². The summed E-state index contributed by atoms with van der Waals surface area (Å²) in [6.07, 6.45) is 1.22. The molecule has 5 nitrogen and oxygen atoms in total. The lowest BCUT2D eigenvalue weighted by Gasteiger charge is -2.26. The van der Waals surface area contributed by atoms with Crippen LogP contribution in [0, 0.1) is 5.41 Å². The molecule has 0 fully saturated rings. The predicted molar refractivity (Wildman–Crippen MR) is 86.0 cm³/mol. The molecule has 0 spiro atoms. The van der Waals surface area contributed by atoms with Gasteiger partial charge in [-0.25, -0.2) is 4.79 Å². The van der Waals surface area contributed by atoms with Crippen LogP contribution in [0.3, 0.4) is 0 Å². The molecule has 1 heterocycles. The zero-order chi connectivity index (χ0) is 16.2. The highest BCUT2D eigenvalue weighted by atomic mass is 16.5. The number of ether oxygens (including phenoxy) is 1. The Bertz CT molecular complexity index is 527. The Hall–Kier alpha value is -1.75. The lowest BCUT2D eigenvalue weighted by molar-refractivity contribution is 0.129. The average Bonchev–Trinajstić information content (AvgIpc) is 2.89. The van der Waals surface area contributed by atoms with E-state index in [0.29, 0.717) is 19.5 Å². The van der Waals surface area contributed by atoms with Crippen LogP contribution in [0.5, 0.6) is 5.75 Å². The first-order valence-electron chi connectivity index (χ1n) is 7.80. The molecule has 1 aromatic carbocycles. The second-order valence-electron chi connectivity index (χ2n) is 6.79. The van der Waals surface area contributed by atoms with Gasteiger partial charge in [-0.05, 0) is 36.0 Å². The van der Waals surface area contributed by atoms with Crippen molar-refractivity contribution in [3.05, 3.63) is 29.3 Å². The maximum atomic E-state index is 11.9. The molecule has 0 radical (unpaired) electrons. The maximum Gasteiger partial charge on any atom is 0.315 e. The van der Waals surface area contributed by atoms with E-state index in [4.69, 9.17) is 4.74 Å². The molecular formula is C17H26N2O3. The molecule has 5 heteroatoms. The van der Waals surface area contributed by atoms with Crippen LogP contribution >= 0.6 is 0 Å². The monoisotopic (exact) mass is 306 g/mol. The van der Waals surface area contributed by atoms with E-state index < -0.39 is 0 Å². The molecule has 0 aromatic heterocycles. The summed E-state index contributed by atoms with van der Waals surface area (Å²) in [6.45, 7) is 7.59. The number of carbonyl (C=O) groups is 1. The SMILES string of the molecule is CC(O)CC(C)(C)CNC(=O)NCc1ccc2c(c1)CCO2. The Morgan fingerprint density at radius 3 is 2.91 bits per heavy atom. The highest BCUT2D eigenvalue weighted by molar-refractivity contribution is 5.73. The first kappa shape index (κ1) is 16.6. The molecule has 0 bridgehead atoms. The predicted octanol–water partition coefficient (Wildman–Crippen LogP) is 2.22. The lowest BCUT2D eigenvalue weighted by atomic mass is 9.87. The van der Waals surface area contributed by atoms with Gasteiger partial charge in [0.25, 0.3) is 0 Å². The smallest absolute Gasteiger partial charge is 0.315 e. The zero-order valence-electron chi connectivity index (χ0n) is 13.6. The molecule has 22 heavy (non-hydrogen) atoms. The molecule has 1 atom stereocenters. The second-order valence-corrected chi connectivity index (χ2v) is 6.79. The number of aliphatic hydroxyl groups is 1. The number of aliphatic hydroxyl groups excluding tert-OH is 1. The molecule has 1 aliphatic rings. The van der Waals surface area contributed by atoms with Crippen molar-refractivity contribution in [2.75, 3.05) is 13.2 Å². The summed E-state index contributed by atoms with van der Waals surface area (Å²) < 4.78 is 5.47. The fraction of sp³-hybridized carbons (Fsp3) is 0.588. The largest absolute Gasteiger partial charge is 0.493 e. The van der Waals surface area contributed by atoms with Gasteiger partial charge in [0.05, 0.1) is 12.7 Å². The van der Waals surface area contributed by atoms with E-state index in [1.165, 1.54) is 5.56 Å². The van der Waals surface area contributed by atoms with Gasteiger partial charge in [-0.3, -0.25) is 0 Å². The number of hydrogen-bond donors (Lipinski definition) is 3. The lowest BCUT2D eigenvalue weighted by Crippen LogP contribution is -2.41. The van der Waals surface area contributed by atoms with Gasteiger partial charge >= 0.3 is 6.03 Å². The van der Waals surface area contributed by atoms with Crippen molar-refractivity contribution in [2.24, 2.45) is 5.41 Å². The summed E-state index contributed by atoms with van der Waals surface area (Å²) in [5.41, 5.74) is 2.15. The third-order valence-corrected chi connectivity index (χ3v) is 3.78. The first-order valence-corrected chi connectivity index (χ1v) is 7.80. The van der Waals surface area contributed by atoms with Crippen molar-refractivity contribution < 1.29 is 14.6 Å². The summed E-state index contributed by atoms with van der Waals surface area (Å²) in [5.74, 6) is 0.952. The zero-order valence-corrected chi connectivity index (χ0v) is 13.6. The molecule has 0 saturated carbocycles. The van der Waals surface area contributed by atoms with Crippen molar-refractivity contribution in [2.45, 2.75) is 46.3 Å². The third kappa shape index (κ3) is 4.91. The summed E-state index contributed by atoms with van der Waals surface area (Å²) in [6, 6.07) is 5.83. The number of fused-ring (bicyclic) bond motifs is 1. The van der Waals surface area contributed by atoms with Crippen LogP contribution in [0.25, 0.3) is 0 Å². The first-order chi connectivity index (χ1) is 10.4. The molecule has 122 valence electrons. The van der Waals surface area contributed by atoms with Crippen LogP contribution in [0.15, 0.2) is 18.2 Å². The molecule has 0 saturated heterocycles. The number of benzene rings is 1. The van der Waals surface area contributed by atoms with Crippen molar-refractivity contribution in [1.29, 1.82) is 0 Å². The maximum absolute atomic E-state index is 11.9. The standard InChI is InChI=1S/C17H26N2O3/c1-12(20)9-17(2,3)11-19-16(21)18-10-13-4-5-15-14(8-13)6-7-22-15/h4-5,8,12,20H,6-7,9-11H2,1-3H3,(H2,18,19,21). The fourth-order valence-electron chi connectivity index (χ4n) is 2.79. The molecule has 1 aromatic rings. The summed E-state index contributed by atoms with van der Waals surface area (Å²) in [4.78, 5) is 11.9. The summed E-state index contributed by atoms with van der Waals surface area (Å²) in [5, 5.41) is 15.2. The number of hydrogen-bond acceptors (Lipinski definition) is 3. The highest BCUT2D eigenvalue weighted by Gasteiger charge is 2.21. The van der Waals surface area contributed by atoms with Gasteiger partial charge in [-0.1, -0.05) is 26.0 Å². The van der Waals surface area contributed by atoms with Crippen molar-refractivity contribution in [3.63, 3.8) is 0 Å². The van der Waals surface area contributed by atoms with Gasteiger partial charge < -0.3 is 20.5 Å². The van der Waals surface area contributed by atoms with Crippen LogP contribution in [0.2, 0.25) is 0 Å². The molecule has 1 aliphatic heterocycles. The van der Waals surface area contributed by atoms with E-state index in [2.05, 4.69) is 16.7 Å². The van der Waals surface area contributed by atoms with Crippen molar-refractivity contribution in [1.82, 2.24) is 10.6 Å². The number of amides is 2. The van der Waals surface area contributed by atoms with E-state index in [1.807, 2.05) is 26.0 Å². The van der Waals surface area contributed by atoms with E-state index in [-0.39, 0.29) is 17.6 Å². The summed E-state index contributed by atoms with van der Waals surface area (Å²) >= 11 is 0. The van der Waals surface area contributed by atoms with Gasteiger partial charge in [-0.15, -0.1) is 0 Å². The molecule has 2 amide bonds. The van der Waals surface area contributed by atoms with Crippen LogP contribution in [-0.2, 0) is 13.0 Å². The van der Waals surface area contributed by atoms with Gasteiger partial charge in [0.1, 0.15) is 5.75 Å². The third-order valence-electron chi connectivity index (χ3n) is 3.78. The average molecular weight is 306 g/mol. The van der Waals surface area contributed by atoms with Gasteiger partial charge in [0.2, 0.25) is 0 Å². The Kier molecular flexibility index (Phi) is 5.29.